The molecular formula is C14H14F3N3O3. The van der Waals surface area contributed by atoms with Crippen LogP contribution in [0.5, 0.6) is 11.5 Å². The van der Waals surface area contributed by atoms with E-state index in [9.17, 15) is 23.1 Å². The molecule has 1 heterocycles. The Labute approximate surface area is 129 Å². The van der Waals surface area contributed by atoms with Gasteiger partial charge in [-0.1, -0.05) is 0 Å². The maximum absolute atomic E-state index is 12.1. The third-order valence-corrected chi connectivity index (χ3v) is 2.94. The topological polar surface area (TPSA) is 67.6 Å². The van der Waals surface area contributed by atoms with Crippen LogP contribution >= 0.6 is 0 Å². The van der Waals surface area contributed by atoms with Gasteiger partial charge in [-0.25, -0.2) is 0 Å². The van der Waals surface area contributed by atoms with Crippen LogP contribution in [0.4, 0.5) is 13.2 Å². The minimum Gasteiger partial charge on any atom is -0.507 e. The first-order valence-corrected chi connectivity index (χ1v) is 6.47. The number of amides is 1. The zero-order chi connectivity index (χ0) is 17.2. The summed E-state index contributed by atoms with van der Waals surface area (Å²) in [4.78, 5) is 13.0. The van der Waals surface area contributed by atoms with Crippen LogP contribution in [-0.2, 0) is 11.3 Å². The van der Waals surface area contributed by atoms with Gasteiger partial charge in [-0.05, 0) is 12.1 Å². The van der Waals surface area contributed by atoms with Crippen LogP contribution in [-0.4, -0.2) is 46.2 Å². The summed E-state index contributed by atoms with van der Waals surface area (Å²) in [5.41, 5.74) is 0.746. The van der Waals surface area contributed by atoms with E-state index in [-0.39, 0.29) is 23.8 Å². The first-order valence-electron chi connectivity index (χ1n) is 6.47. The van der Waals surface area contributed by atoms with Gasteiger partial charge < -0.3 is 14.7 Å². The summed E-state index contributed by atoms with van der Waals surface area (Å²) in [5.74, 6) is -1.07. The van der Waals surface area contributed by atoms with Crippen molar-refractivity contribution in [3.05, 3.63) is 30.6 Å². The van der Waals surface area contributed by atoms with Crippen molar-refractivity contribution in [2.45, 2.75) is 12.9 Å². The Hall–Kier alpha value is -2.71. The second-order valence-electron chi connectivity index (χ2n) is 4.94. The molecule has 0 aliphatic rings. The molecule has 0 saturated heterocycles. The molecular weight excluding hydrogens is 315 g/mol. The molecule has 9 heteroatoms. The summed E-state index contributed by atoms with van der Waals surface area (Å²) in [6.07, 6.45) is -1.91. The van der Waals surface area contributed by atoms with Crippen molar-refractivity contribution in [2.75, 3.05) is 14.1 Å². The largest absolute Gasteiger partial charge is 0.573 e. The summed E-state index contributed by atoms with van der Waals surface area (Å²) < 4.78 is 41.5. The molecule has 0 saturated carbocycles. The van der Waals surface area contributed by atoms with Crippen molar-refractivity contribution in [3.63, 3.8) is 0 Å². The number of ether oxygens (including phenoxy) is 1. The standard InChI is InChI=1S/C14H14F3N3O3/c1-19(2)13(22)8-20-7-9(6-18-20)11-4-3-10(5-12(11)21)23-14(15,16)17/h3-7,21H,8H2,1-2H3. The maximum Gasteiger partial charge on any atom is 0.573 e. The van der Waals surface area contributed by atoms with Gasteiger partial charge in [0.05, 0.1) is 6.20 Å². The Morgan fingerprint density at radius 3 is 2.65 bits per heavy atom. The monoisotopic (exact) mass is 329 g/mol. The summed E-state index contributed by atoms with van der Waals surface area (Å²) in [5, 5.41) is 13.8. The van der Waals surface area contributed by atoms with E-state index in [0.717, 1.165) is 12.1 Å². The molecule has 0 fully saturated rings. The summed E-state index contributed by atoms with van der Waals surface area (Å²) >= 11 is 0. The van der Waals surface area contributed by atoms with Crippen molar-refractivity contribution >= 4 is 5.91 Å². The highest BCUT2D eigenvalue weighted by Crippen LogP contribution is 2.34. The molecule has 1 aromatic heterocycles. The third kappa shape index (κ3) is 4.38. The lowest BCUT2D eigenvalue weighted by Crippen LogP contribution is -2.26. The van der Waals surface area contributed by atoms with Crippen molar-refractivity contribution in [1.82, 2.24) is 14.7 Å². The van der Waals surface area contributed by atoms with Gasteiger partial charge in [0.2, 0.25) is 5.91 Å². The van der Waals surface area contributed by atoms with E-state index in [1.54, 1.807) is 14.1 Å². The fourth-order valence-corrected chi connectivity index (χ4v) is 1.82. The average Bonchev–Trinajstić information content (AvgIpc) is 2.85. The normalized spacial score (nSPS) is 11.3. The number of halogens is 3. The van der Waals surface area contributed by atoms with Crippen LogP contribution in [0.1, 0.15) is 0 Å². The second kappa shape index (κ2) is 6.19. The number of benzene rings is 1. The zero-order valence-corrected chi connectivity index (χ0v) is 12.3. The number of hydrogen-bond acceptors (Lipinski definition) is 4. The highest BCUT2D eigenvalue weighted by molar-refractivity contribution is 5.75. The number of nitrogens with zero attached hydrogens (tertiary/aromatic N) is 3. The molecule has 2 rings (SSSR count). The number of rotatable bonds is 4. The van der Waals surface area contributed by atoms with Crippen LogP contribution < -0.4 is 4.74 Å². The minimum absolute atomic E-state index is 0.0169. The zero-order valence-electron chi connectivity index (χ0n) is 12.3. The SMILES string of the molecule is CN(C)C(=O)Cn1cc(-c2ccc(OC(F)(F)F)cc2O)cn1. The maximum atomic E-state index is 12.1. The van der Waals surface area contributed by atoms with Crippen molar-refractivity contribution in [3.8, 4) is 22.6 Å². The van der Waals surface area contributed by atoms with Crippen LogP contribution in [0.3, 0.4) is 0 Å². The Morgan fingerprint density at radius 1 is 1.39 bits per heavy atom. The number of aromatic nitrogens is 2. The number of alkyl halides is 3. The van der Waals surface area contributed by atoms with Gasteiger partial charge in [0.25, 0.3) is 0 Å². The molecule has 124 valence electrons. The van der Waals surface area contributed by atoms with Crippen LogP contribution in [0, 0.1) is 0 Å². The Morgan fingerprint density at radius 2 is 2.09 bits per heavy atom. The van der Waals surface area contributed by atoms with Gasteiger partial charge in [-0.3, -0.25) is 9.48 Å². The van der Waals surface area contributed by atoms with Crippen LogP contribution in [0.15, 0.2) is 30.6 Å². The molecule has 0 atom stereocenters. The van der Waals surface area contributed by atoms with Gasteiger partial charge in [-0.15, -0.1) is 13.2 Å². The van der Waals surface area contributed by atoms with Gasteiger partial charge in [0.1, 0.15) is 18.0 Å². The van der Waals surface area contributed by atoms with E-state index in [0.29, 0.717) is 5.56 Å². The number of carbonyl (C=O) groups excluding carboxylic acids is 1. The van der Waals surface area contributed by atoms with Gasteiger partial charge >= 0.3 is 6.36 Å². The fraction of sp³-hybridized carbons (Fsp3) is 0.286. The lowest BCUT2D eigenvalue weighted by Gasteiger charge is -2.10. The fourth-order valence-electron chi connectivity index (χ4n) is 1.82. The summed E-state index contributed by atoms with van der Waals surface area (Å²) in [6, 6.07) is 3.24. The highest BCUT2D eigenvalue weighted by Gasteiger charge is 2.31. The predicted octanol–water partition coefficient (Wildman–Crippen LogP) is 2.24. The molecule has 0 bridgehead atoms. The van der Waals surface area contributed by atoms with Crippen molar-refractivity contribution < 1.29 is 27.8 Å². The van der Waals surface area contributed by atoms with Crippen molar-refractivity contribution in [1.29, 1.82) is 0 Å². The average molecular weight is 329 g/mol. The van der Waals surface area contributed by atoms with Crippen LogP contribution in [0.2, 0.25) is 0 Å². The Kier molecular flexibility index (Phi) is 4.48. The van der Waals surface area contributed by atoms with E-state index in [4.69, 9.17) is 0 Å². The van der Waals surface area contributed by atoms with E-state index in [2.05, 4.69) is 9.84 Å². The number of aromatic hydroxyl groups is 1. The smallest absolute Gasteiger partial charge is 0.507 e. The number of hydrogen-bond donors (Lipinski definition) is 1. The number of likely N-dealkylation sites (N-methyl/N-ethyl adjacent to an activating group) is 1. The minimum atomic E-state index is -4.83. The van der Waals surface area contributed by atoms with E-state index in [1.807, 2.05) is 0 Å². The van der Waals surface area contributed by atoms with Gasteiger partial charge in [0.15, 0.2) is 0 Å². The van der Waals surface area contributed by atoms with E-state index in [1.165, 1.54) is 28.0 Å². The highest BCUT2D eigenvalue weighted by atomic mass is 19.4. The van der Waals surface area contributed by atoms with Crippen molar-refractivity contribution in [2.24, 2.45) is 0 Å². The number of phenolic OH excluding ortho intramolecular Hbond substituents is 1. The molecule has 0 radical (unpaired) electrons. The lowest BCUT2D eigenvalue weighted by atomic mass is 10.1. The molecule has 6 nitrogen and oxygen atoms in total. The molecule has 23 heavy (non-hydrogen) atoms. The van der Waals surface area contributed by atoms with Gasteiger partial charge in [-0.2, -0.15) is 5.10 Å². The molecule has 1 amide bonds. The third-order valence-electron chi connectivity index (χ3n) is 2.94. The van der Waals surface area contributed by atoms with E-state index >= 15 is 0 Å². The quantitative estimate of drug-likeness (QED) is 0.934. The first kappa shape index (κ1) is 16.7. The lowest BCUT2D eigenvalue weighted by molar-refractivity contribution is -0.274. The molecule has 0 spiro atoms. The molecule has 0 aliphatic heterocycles. The number of carbonyl (C=O) groups is 1. The molecule has 1 N–H and O–H groups in total. The molecule has 0 aliphatic carbocycles. The predicted molar refractivity (Wildman–Crippen MR) is 74.7 cm³/mol. The van der Waals surface area contributed by atoms with Crippen LogP contribution in [0.25, 0.3) is 11.1 Å². The molecule has 2 aromatic rings. The Balaban J connectivity index is 2.19. The molecule has 1 aromatic carbocycles. The first-order chi connectivity index (χ1) is 10.7. The van der Waals surface area contributed by atoms with E-state index < -0.39 is 12.1 Å². The Bertz CT molecular complexity index is 711. The van der Waals surface area contributed by atoms with Gasteiger partial charge in [0, 0.05) is 37.5 Å². The summed E-state index contributed by atoms with van der Waals surface area (Å²) in [6.45, 7) is 0.0169. The summed E-state index contributed by atoms with van der Waals surface area (Å²) in [7, 11) is 3.22. The number of phenols is 1. The molecule has 0 unspecified atom stereocenters. The second-order valence-corrected chi connectivity index (χ2v) is 4.94.